The number of hydrogen-bond donors (Lipinski definition) is 2. The Morgan fingerprint density at radius 1 is 1.37 bits per heavy atom. The molecule has 0 unspecified atom stereocenters. The SMILES string of the molecule is Cc1cc(NC(=O)C2(c3ccc(N)cc3)CC2)on1. The van der Waals surface area contributed by atoms with Crippen molar-refractivity contribution in [1.82, 2.24) is 5.16 Å². The van der Waals surface area contributed by atoms with E-state index in [2.05, 4.69) is 10.5 Å². The van der Waals surface area contributed by atoms with Crippen LogP contribution in [-0.2, 0) is 10.2 Å². The minimum atomic E-state index is -0.436. The molecule has 1 aromatic carbocycles. The molecule has 1 heterocycles. The van der Waals surface area contributed by atoms with E-state index in [-0.39, 0.29) is 5.91 Å². The normalized spacial score (nSPS) is 16.1. The van der Waals surface area contributed by atoms with Gasteiger partial charge in [-0.1, -0.05) is 17.3 Å². The summed E-state index contributed by atoms with van der Waals surface area (Å²) in [6.07, 6.45) is 1.69. The van der Waals surface area contributed by atoms with Gasteiger partial charge in [0.05, 0.1) is 11.1 Å². The number of nitrogens with zero attached hydrogens (tertiary/aromatic N) is 1. The van der Waals surface area contributed by atoms with Crippen LogP contribution in [0.3, 0.4) is 0 Å². The number of aryl methyl sites for hydroxylation is 1. The van der Waals surface area contributed by atoms with Crippen LogP contribution in [0.5, 0.6) is 0 Å². The first-order valence-corrected chi connectivity index (χ1v) is 6.21. The van der Waals surface area contributed by atoms with E-state index in [1.165, 1.54) is 0 Å². The topological polar surface area (TPSA) is 81.2 Å². The third kappa shape index (κ3) is 2.07. The number of nitrogens with two attached hydrogens (primary N) is 1. The molecule has 3 rings (SSSR count). The highest BCUT2D eigenvalue weighted by Crippen LogP contribution is 2.49. The lowest BCUT2D eigenvalue weighted by Gasteiger charge is -2.14. The number of anilines is 2. The summed E-state index contributed by atoms with van der Waals surface area (Å²) < 4.78 is 5.01. The van der Waals surface area contributed by atoms with Gasteiger partial charge in [-0.05, 0) is 37.5 Å². The van der Waals surface area contributed by atoms with Gasteiger partial charge in [0, 0.05) is 11.8 Å². The van der Waals surface area contributed by atoms with E-state index >= 15 is 0 Å². The molecule has 1 amide bonds. The van der Waals surface area contributed by atoms with Crippen molar-refractivity contribution in [2.24, 2.45) is 0 Å². The molecule has 3 N–H and O–H groups in total. The zero-order valence-corrected chi connectivity index (χ0v) is 10.6. The highest BCUT2D eigenvalue weighted by molar-refractivity contribution is 6.00. The lowest BCUT2D eigenvalue weighted by molar-refractivity contribution is -0.118. The highest BCUT2D eigenvalue weighted by atomic mass is 16.5. The molecule has 0 radical (unpaired) electrons. The molecule has 1 saturated carbocycles. The van der Waals surface area contributed by atoms with Gasteiger partial charge in [-0.25, -0.2) is 0 Å². The molecule has 1 aliphatic carbocycles. The molecule has 19 heavy (non-hydrogen) atoms. The van der Waals surface area contributed by atoms with E-state index in [1.807, 2.05) is 31.2 Å². The molecule has 5 heteroatoms. The number of nitrogens with one attached hydrogen (secondary N) is 1. The van der Waals surface area contributed by atoms with Crippen molar-refractivity contribution >= 4 is 17.5 Å². The third-order valence-electron chi connectivity index (χ3n) is 3.51. The number of hydrogen-bond acceptors (Lipinski definition) is 4. The number of amides is 1. The Morgan fingerprint density at radius 3 is 2.58 bits per heavy atom. The average molecular weight is 257 g/mol. The van der Waals surface area contributed by atoms with Crippen LogP contribution >= 0.6 is 0 Å². The standard InChI is InChI=1S/C14H15N3O2/c1-9-8-12(19-17-9)16-13(18)14(6-7-14)10-2-4-11(15)5-3-10/h2-5,8H,6-7,15H2,1H3,(H,16,18). The molecule has 0 bridgehead atoms. The summed E-state index contributed by atoms with van der Waals surface area (Å²) in [6, 6.07) is 9.17. The van der Waals surface area contributed by atoms with Crippen molar-refractivity contribution in [2.45, 2.75) is 25.2 Å². The molecule has 2 aromatic rings. The van der Waals surface area contributed by atoms with Gasteiger partial charge in [-0.3, -0.25) is 10.1 Å². The van der Waals surface area contributed by atoms with Crippen LogP contribution in [0.2, 0.25) is 0 Å². The number of aromatic nitrogens is 1. The molecule has 1 aromatic heterocycles. The van der Waals surface area contributed by atoms with Gasteiger partial charge < -0.3 is 10.3 Å². The molecule has 0 saturated heterocycles. The Morgan fingerprint density at radius 2 is 2.05 bits per heavy atom. The van der Waals surface area contributed by atoms with Crippen LogP contribution in [-0.4, -0.2) is 11.1 Å². The van der Waals surface area contributed by atoms with E-state index in [0.29, 0.717) is 11.6 Å². The lowest BCUT2D eigenvalue weighted by Crippen LogP contribution is -2.27. The highest BCUT2D eigenvalue weighted by Gasteiger charge is 2.51. The molecule has 0 spiro atoms. The van der Waals surface area contributed by atoms with E-state index in [0.717, 1.165) is 24.1 Å². The number of benzene rings is 1. The van der Waals surface area contributed by atoms with Gasteiger partial charge in [0.1, 0.15) is 0 Å². The fourth-order valence-corrected chi connectivity index (χ4v) is 2.23. The second-order valence-corrected chi connectivity index (χ2v) is 4.99. The Kier molecular flexibility index (Phi) is 2.55. The zero-order valence-electron chi connectivity index (χ0n) is 10.6. The maximum atomic E-state index is 12.4. The third-order valence-corrected chi connectivity index (χ3v) is 3.51. The summed E-state index contributed by atoms with van der Waals surface area (Å²) in [7, 11) is 0. The van der Waals surface area contributed by atoms with E-state index in [9.17, 15) is 4.79 Å². The van der Waals surface area contributed by atoms with Gasteiger partial charge in [0.25, 0.3) is 0 Å². The summed E-state index contributed by atoms with van der Waals surface area (Å²) in [4.78, 5) is 12.4. The van der Waals surface area contributed by atoms with Gasteiger partial charge in [0.2, 0.25) is 11.8 Å². The quantitative estimate of drug-likeness (QED) is 0.826. The van der Waals surface area contributed by atoms with Gasteiger partial charge >= 0.3 is 0 Å². The van der Waals surface area contributed by atoms with E-state index < -0.39 is 5.41 Å². The second-order valence-electron chi connectivity index (χ2n) is 4.99. The Hall–Kier alpha value is -2.30. The van der Waals surface area contributed by atoms with Crippen LogP contribution < -0.4 is 11.1 Å². The molecule has 98 valence electrons. The summed E-state index contributed by atoms with van der Waals surface area (Å²) in [5.74, 6) is 0.345. The van der Waals surface area contributed by atoms with E-state index in [4.69, 9.17) is 10.3 Å². The predicted molar refractivity (Wildman–Crippen MR) is 71.6 cm³/mol. The maximum absolute atomic E-state index is 12.4. The van der Waals surface area contributed by atoms with Crippen LogP contribution in [0.1, 0.15) is 24.1 Å². The van der Waals surface area contributed by atoms with Crippen LogP contribution in [0, 0.1) is 6.92 Å². The van der Waals surface area contributed by atoms with Crippen molar-refractivity contribution in [3.63, 3.8) is 0 Å². The smallest absolute Gasteiger partial charge is 0.237 e. The van der Waals surface area contributed by atoms with Gasteiger partial charge in [-0.2, -0.15) is 0 Å². The minimum Gasteiger partial charge on any atom is -0.399 e. The minimum absolute atomic E-state index is 0.0478. The van der Waals surface area contributed by atoms with Crippen LogP contribution in [0.25, 0.3) is 0 Å². The van der Waals surface area contributed by atoms with Crippen LogP contribution in [0.4, 0.5) is 11.6 Å². The van der Waals surface area contributed by atoms with Crippen molar-refractivity contribution < 1.29 is 9.32 Å². The van der Waals surface area contributed by atoms with Crippen molar-refractivity contribution in [3.05, 3.63) is 41.6 Å². The number of nitrogen functional groups attached to an aromatic ring is 1. The summed E-state index contributed by atoms with van der Waals surface area (Å²) in [5.41, 5.74) is 7.67. The van der Waals surface area contributed by atoms with E-state index in [1.54, 1.807) is 6.07 Å². The fourth-order valence-electron chi connectivity index (χ4n) is 2.23. The summed E-state index contributed by atoms with van der Waals surface area (Å²) >= 11 is 0. The summed E-state index contributed by atoms with van der Waals surface area (Å²) in [6.45, 7) is 1.81. The predicted octanol–water partition coefficient (Wildman–Crippen LogP) is 2.24. The first-order valence-electron chi connectivity index (χ1n) is 6.21. The molecule has 5 nitrogen and oxygen atoms in total. The largest absolute Gasteiger partial charge is 0.399 e. The van der Waals surface area contributed by atoms with Crippen molar-refractivity contribution in [2.75, 3.05) is 11.1 Å². The number of rotatable bonds is 3. The molecule has 0 aliphatic heterocycles. The summed E-state index contributed by atoms with van der Waals surface area (Å²) in [5, 5.41) is 6.53. The average Bonchev–Trinajstić information content (AvgIpc) is 3.10. The van der Waals surface area contributed by atoms with Crippen molar-refractivity contribution in [3.8, 4) is 0 Å². The van der Waals surface area contributed by atoms with Gasteiger partial charge in [0.15, 0.2) is 0 Å². The molecular formula is C14H15N3O2. The molecular weight excluding hydrogens is 242 g/mol. The molecule has 0 atom stereocenters. The Bertz CT molecular complexity index is 612. The van der Waals surface area contributed by atoms with Crippen LogP contribution in [0.15, 0.2) is 34.9 Å². The monoisotopic (exact) mass is 257 g/mol. The zero-order chi connectivity index (χ0) is 13.5. The van der Waals surface area contributed by atoms with Gasteiger partial charge in [-0.15, -0.1) is 0 Å². The Labute approximate surface area is 110 Å². The molecule has 1 aliphatic rings. The lowest BCUT2D eigenvalue weighted by atomic mass is 9.95. The first-order chi connectivity index (χ1) is 9.10. The van der Waals surface area contributed by atoms with Crippen molar-refractivity contribution in [1.29, 1.82) is 0 Å². The number of carbonyl (C=O) groups excluding carboxylic acids is 1. The molecule has 1 fully saturated rings. The maximum Gasteiger partial charge on any atom is 0.237 e. The first kappa shape index (κ1) is 11.8. The fraction of sp³-hybridized carbons (Fsp3) is 0.286. The Balaban J connectivity index is 1.81. The number of carbonyl (C=O) groups is 1. The second kappa shape index (κ2) is 4.12.